The summed E-state index contributed by atoms with van der Waals surface area (Å²) in [7, 11) is 0. The minimum Gasteiger partial charge on any atom is -0.381 e. The van der Waals surface area contributed by atoms with Crippen molar-refractivity contribution in [3.05, 3.63) is 23.9 Å². The Kier molecular flexibility index (Phi) is 10.3. The fraction of sp³-hybridized carbons (Fsp3) is 0.714. The maximum absolute atomic E-state index is 5.55. The highest BCUT2D eigenvalue weighted by molar-refractivity contribution is 14.0. The molecule has 2 aliphatic heterocycles. The van der Waals surface area contributed by atoms with Crippen LogP contribution in [0.2, 0.25) is 0 Å². The number of thioether (sulfide) groups is 1. The van der Waals surface area contributed by atoms with Crippen LogP contribution < -0.4 is 15.5 Å². The Bertz CT molecular complexity index is 628. The van der Waals surface area contributed by atoms with E-state index in [0.717, 1.165) is 76.9 Å². The summed E-state index contributed by atoms with van der Waals surface area (Å²) < 4.78 is 5.78. The molecule has 8 heteroatoms. The summed E-state index contributed by atoms with van der Waals surface area (Å²) in [4.78, 5) is 11.9. The molecule has 164 valence electrons. The number of rotatable bonds is 6. The van der Waals surface area contributed by atoms with E-state index in [1.54, 1.807) is 0 Å². The molecule has 0 spiro atoms. The quantitative estimate of drug-likeness (QED) is 0.332. The van der Waals surface area contributed by atoms with E-state index in [9.17, 15) is 0 Å². The lowest BCUT2D eigenvalue weighted by atomic mass is 9.99. The van der Waals surface area contributed by atoms with E-state index in [0.29, 0.717) is 6.04 Å². The molecule has 1 aromatic rings. The van der Waals surface area contributed by atoms with Gasteiger partial charge in [-0.1, -0.05) is 6.07 Å². The summed E-state index contributed by atoms with van der Waals surface area (Å²) in [5.74, 6) is 2.04. The summed E-state index contributed by atoms with van der Waals surface area (Å²) in [5, 5.41) is 7.10. The number of aromatic nitrogens is 1. The van der Waals surface area contributed by atoms with E-state index in [1.165, 1.54) is 5.56 Å². The zero-order chi connectivity index (χ0) is 19.8. The first-order chi connectivity index (χ1) is 13.6. The third-order valence-electron chi connectivity index (χ3n) is 5.76. The smallest absolute Gasteiger partial charge is 0.191 e. The molecule has 0 radical (unpaired) electrons. The average molecular weight is 534 g/mol. The van der Waals surface area contributed by atoms with Crippen LogP contribution >= 0.6 is 35.7 Å². The maximum Gasteiger partial charge on any atom is 0.191 e. The van der Waals surface area contributed by atoms with Gasteiger partial charge >= 0.3 is 0 Å². The molecule has 0 aromatic carbocycles. The number of ether oxygens (including phenoxy) is 1. The van der Waals surface area contributed by atoms with Crippen molar-refractivity contribution in [1.29, 1.82) is 0 Å². The lowest BCUT2D eigenvalue weighted by Crippen LogP contribution is -2.49. The standard InChI is InChI=1S/C21H35N5OS.HI/c1-4-22-20(24-16-21(28-3)9-13-27-14-10-21)25-18-7-11-26(12-8-18)19-6-5-17(2)15-23-19;/h5-6,15,18H,4,7-14,16H2,1-3H3,(H2,22,24,25);1H. The minimum absolute atomic E-state index is 0. The topological polar surface area (TPSA) is 61.8 Å². The van der Waals surface area contributed by atoms with Crippen molar-refractivity contribution in [3.63, 3.8) is 0 Å². The molecular weight excluding hydrogens is 497 g/mol. The van der Waals surface area contributed by atoms with Crippen molar-refractivity contribution in [1.82, 2.24) is 15.6 Å². The van der Waals surface area contributed by atoms with Gasteiger partial charge in [-0.25, -0.2) is 4.98 Å². The van der Waals surface area contributed by atoms with Crippen molar-refractivity contribution in [2.45, 2.75) is 50.3 Å². The summed E-state index contributed by atoms with van der Waals surface area (Å²) in [6, 6.07) is 4.73. The van der Waals surface area contributed by atoms with Crippen LogP contribution in [0, 0.1) is 6.92 Å². The Morgan fingerprint density at radius 3 is 2.62 bits per heavy atom. The zero-order valence-corrected chi connectivity index (χ0v) is 21.1. The average Bonchev–Trinajstić information content (AvgIpc) is 2.74. The lowest BCUT2D eigenvalue weighted by molar-refractivity contribution is 0.0794. The third-order valence-corrected chi connectivity index (χ3v) is 7.17. The van der Waals surface area contributed by atoms with Gasteiger partial charge in [0.25, 0.3) is 0 Å². The van der Waals surface area contributed by atoms with Crippen LogP contribution in [0.25, 0.3) is 0 Å². The second-order valence-corrected chi connectivity index (χ2v) is 9.07. The third kappa shape index (κ3) is 7.17. The Balaban J connectivity index is 0.00000300. The molecule has 2 fully saturated rings. The monoisotopic (exact) mass is 533 g/mol. The van der Waals surface area contributed by atoms with Crippen molar-refractivity contribution in [2.24, 2.45) is 4.99 Å². The number of halogens is 1. The molecule has 0 aliphatic carbocycles. The number of nitrogens with zero attached hydrogens (tertiary/aromatic N) is 3. The molecule has 1 aromatic heterocycles. The summed E-state index contributed by atoms with van der Waals surface area (Å²) >= 11 is 1.94. The maximum atomic E-state index is 5.55. The zero-order valence-electron chi connectivity index (χ0n) is 17.9. The Hall–Kier alpha value is -0.740. The molecule has 0 amide bonds. The molecular formula is C21H36IN5OS. The highest BCUT2D eigenvalue weighted by atomic mass is 127. The number of anilines is 1. The van der Waals surface area contributed by atoms with Crippen molar-refractivity contribution >= 4 is 47.5 Å². The summed E-state index contributed by atoms with van der Waals surface area (Å²) in [6.07, 6.45) is 8.52. The number of hydrogen-bond acceptors (Lipinski definition) is 5. The van der Waals surface area contributed by atoms with Crippen molar-refractivity contribution in [2.75, 3.05) is 50.5 Å². The van der Waals surface area contributed by atoms with Crippen molar-refractivity contribution in [3.8, 4) is 0 Å². The van der Waals surface area contributed by atoms with E-state index in [4.69, 9.17) is 9.73 Å². The van der Waals surface area contributed by atoms with Gasteiger partial charge in [-0.2, -0.15) is 11.8 Å². The molecule has 2 aliphatic rings. The van der Waals surface area contributed by atoms with E-state index >= 15 is 0 Å². The molecule has 0 unspecified atom stereocenters. The van der Waals surface area contributed by atoms with Gasteiger partial charge in [0.1, 0.15) is 5.82 Å². The van der Waals surface area contributed by atoms with E-state index in [-0.39, 0.29) is 28.7 Å². The number of hydrogen-bond donors (Lipinski definition) is 2. The van der Waals surface area contributed by atoms with Crippen molar-refractivity contribution < 1.29 is 4.74 Å². The van der Waals surface area contributed by atoms with Gasteiger partial charge in [0.05, 0.1) is 6.54 Å². The minimum atomic E-state index is 0. The van der Waals surface area contributed by atoms with Gasteiger partial charge in [-0.05, 0) is 57.4 Å². The Morgan fingerprint density at radius 1 is 1.31 bits per heavy atom. The number of pyridine rings is 1. The summed E-state index contributed by atoms with van der Waals surface area (Å²) in [6.45, 7) is 9.69. The first kappa shape index (κ1) is 24.5. The first-order valence-electron chi connectivity index (χ1n) is 10.5. The number of nitrogens with one attached hydrogen (secondary N) is 2. The Morgan fingerprint density at radius 2 is 2.03 bits per heavy atom. The second-order valence-electron chi connectivity index (χ2n) is 7.79. The molecule has 6 nitrogen and oxygen atoms in total. The largest absolute Gasteiger partial charge is 0.381 e. The van der Waals surface area contributed by atoms with Crippen LogP contribution in [-0.4, -0.2) is 67.4 Å². The van der Waals surface area contributed by atoms with Crippen LogP contribution in [0.15, 0.2) is 23.3 Å². The Labute approximate surface area is 197 Å². The highest BCUT2D eigenvalue weighted by Crippen LogP contribution is 2.34. The van der Waals surface area contributed by atoms with E-state index < -0.39 is 0 Å². The fourth-order valence-corrected chi connectivity index (χ4v) is 4.58. The van der Waals surface area contributed by atoms with Gasteiger partial charge in [0.15, 0.2) is 5.96 Å². The normalized spacial score (nSPS) is 20.1. The number of guanidine groups is 1. The molecule has 3 rings (SSSR count). The molecule has 29 heavy (non-hydrogen) atoms. The van der Waals surface area contributed by atoms with E-state index in [1.807, 2.05) is 18.0 Å². The van der Waals surface area contributed by atoms with Gasteiger partial charge in [-0.3, -0.25) is 4.99 Å². The molecule has 2 N–H and O–H groups in total. The fourth-order valence-electron chi connectivity index (χ4n) is 3.81. The van der Waals surface area contributed by atoms with E-state index in [2.05, 4.69) is 52.8 Å². The molecule has 2 saturated heterocycles. The van der Waals surface area contributed by atoms with Gasteiger partial charge < -0.3 is 20.3 Å². The second kappa shape index (κ2) is 12.2. The predicted octanol–water partition coefficient (Wildman–Crippen LogP) is 3.44. The predicted molar refractivity (Wildman–Crippen MR) is 135 cm³/mol. The highest BCUT2D eigenvalue weighted by Gasteiger charge is 2.31. The van der Waals surface area contributed by atoms with Gasteiger partial charge in [-0.15, -0.1) is 24.0 Å². The molecule has 0 bridgehead atoms. The molecule has 3 heterocycles. The molecule has 0 saturated carbocycles. The van der Waals surface area contributed by atoms with Crippen LogP contribution in [0.1, 0.15) is 38.2 Å². The lowest BCUT2D eigenvalue weighted by Gasteiger charge is -2.35. The van der Waals surface area contributed by atoms with Gasteiger partial charge in [0.2, 0.25) is 0 Å². The number of aliphatic imine (C=N–C) groups is 1. The van der Waals surface area contributed by atoms with Crippen LogP contribution in [0.3, 0.4) is 0 Å². The first-order valence-corrected chi connectivity index (χ1v) is 11.7. The van der Waals surface area contributed by atoms with Crippen LogP contribution in [0.4, 0.5) is 5.82 Å². The number of piperidine rings is 1. The molecule has 0 atom stereocenters. The van der Waals surface area contributed by atoms with Crippen LogP contribution in [0.5, 0.6) is 0 Å². The SMILES string of the molecule is CCNC(=NCC1(SC)CCOCC1)NC1CCN(c2ccc(C)cn2)CC1.I. The van der Waals surface area contributed by atoms with Crippen LogP contribution in [-0.2, 0) is 4.74 Å². The van der Waals surface area contributed by atoms with Gasteiger partial charge in [0, 0.05) is 49.8 Å². The number of aryl methyl sites for hydroxylation is 1. The summed E-state index contributed by atoms with van der Waals surface area (Å²) in [5.41, 5.74) is 1.21.